The number of aryl methyl sites for hydroxylation is 1. The molecule has 1 fully saturated rings. The second-order valence-corrected chi connectivity index (χ2v) is 8.87. The molecule has 0 aliphatic carbocycles. The van der Waals surface area contributed by atoms with Crippen LogP contribution in [0.2, 0.25) is 0 Å². The van der Waals surface area contributed by atoms with Gasteiger partial charge in [-0.05, 0) is 48.2 Å². The zero-order valence-corrected chi connectivity index (χ0v) is 21.2. The van der Waals surface area contributed by atoms with E-state index in [1.165, 1.54) is 32.4 Å². The maximum Gasteiger partial charge on any atom is 0.186 e. The van der Waals surface area contributed by atoms with Crippen molar-refractivity contribution in [3.05, 3.63) is 47.5 Å². The van der Waals surface area contributed by atoms with Gasteiger partial charge in [0.15, 0.2) is 35.4 Å². The molecule has 0 saturated carbocycles. The lowest BCUT2D eigenvalue weighted by Gasteiger charge is -2.39. The minimum atomic E-state index is -1.50. The molecule has 2 aromatic rings. The van der Waals surface area contributed by atoms with Crippen LogP contribution in [0.3, 0.4) is 0 Å². The van der Waals surface area contributed by atoms with Crippen LogP contribution in [0.15, 0.2) is 36.4 Å². The van der Waals surface area contributed by atoms with Gasteiger partial charge in [-0.15, -0.1) is 0 Å². The van der Waals surface area contributed by atoms with E-state index < -0.39 is 56.1 Å². The highest BCUT2D eigenvalue weighted by Crippen LogP contribution is 2.34. The van der Waals surface area contributed by atoms with Crippen molar-refractivity contribution >= 4 is 0 Å². The second-order valence-electron chi connectivity index (χ2n) is 8.87. The molecule has 3 rings (SSSR count). The average molecular weight is 541 g/mol. The monoisotopic (exact) mass is 540 g/mol. The predicted octanol–water partition coefficient (Wildman–Crippen LogP) is -0.368. The summed E-state index contributed by atoms with van der Waals surface area (Å²) in [4.78, 5) is 0. The number of hydrogen-bond acceptors (Lipinski definition) is 12. The third kappa shape index (κ3) is 7.04. The fraction of sp³-hybridized carbons (Fsp3) is 0.538. The summed E-state index contributed by atoms with van der Waals surface area (Å²) in [6.07, 6.45) is -7.82. The van der Waals surface area contributed by atoms with E-state index in [2.05, 4.69) is 0 Å². The van der Waals surface area contributed by atoms with E-state index in [9.17, 15) is 35.7 Å². The molecule has 212 valence electrons. The van der Waals surface area contributed by atoms with Crippen LogP contribution in [-0.2, 0) is 15.9 Å². The van der Waals surface area contributed by atoms with E-state index in [1.807, 2.05) is 0 Å². The van der Waals surface area contributed by atoms with Crippen LogP contribution < -0.4 is 14.2 Å². The summed E-state index contributed by atoms with van der Waals surface area (Å²) in [7, 11) is 2.85. The summed E-state index contributed by atoms with van der Waals surface area (Å²) in [6, 6.07) is 9.52. The first-order valence-corrected chi connectivity index (χ1v) is 12.2. The van der Waals surface area contributed by atoms with Gasteiger partial charge in [-0.25, -0.2) is 0 Å². The van der Waals surface area contributed by atoms with Crippen molar-refractivity contribution in [3.63, 3.8) is 0 Å². The number of ether oxygens (including phenoxy) is 5. The minimum Gasteiger partial charge on any atom is -0.504 e. The minimum absolute atomic E-state index is 0.0826. The fourth-order valence-electron chi connectivity index (χ4n) is 4.10. The molecule has 7 atom stereocenters. The van der Waals surface area contributed by atoms with Crippen LogP contribution in [-0.4, -0.2) is 107 Å². The maximum absolute atomic E-state index is 10.8. The number of rotatable bonds is 13. The number of aliphatic hydroxyl groups excluding tert-OH is 6. The van der Waals surface area contributed by atoms with Gasteiger partial charge in [0.2, 0.25) is 0 Å². The summed E-state index contributed by atoms with van der Waals surface area (Å²) in [5.74, 6) is 0.778. The quantitative estimate of drug-likeness (QED) is 0.164. The number of phenolic OH excluding ortho intramolecular Hbond substituents is 1. The summed E-state index contributed by atoms with van der Waals surface area (Å²) in [5, 5.41) is 69.4. The maximum atomic E-state index is 10.8. The Morgan fingerprint density at radius 2 is 1.63 bits per heavy atom. The van der Waals surface area contributed by atoms with E-state index in [0.717, 1.165) is 5.56 Å². The van der Waals surface area contributed by atoms with Crippen LogP contribution in [0.1, 0.15) is 23.7 Å². The number of aromatic hydroxyl groups is 1. The summed E-state index contributed by atoms with van der Waals surface area (Å²) >= 11 is 0. The molecule has 2 aromatic carbocycles. The first-order valence-electron chi connectivity index (χ1n) is 12.2. The molecule has 0 radical (unpaired) electrons. The SMILES string of the molecule is COc1cc([C@H](O)[C@H](CO)Oc2ccc(CCCO[C@@H]3O[C@H](CO)[C@@H](O)[C@H](O)[C@H]3O)cc2OC)ccc1O. The molecular weight excluding hydrogens is 504 g/mol. The van der Waals surface area contributed by atoms with Gasteiger partial charge in [0.05, 0.1) is 34.0 Å². The highest BCUT2D eigenvalue weighted by molar-refractivity contribution is 5.44. The third-order valence-electron chi connectivity index (χ3n) is 6.32. The van der Waals surface area contributed by atoms with E-state index >= 15 is 0 Å². The molecule has 38 heavy (non-hydrogen) atoms. The molecule has 7 N–H and O–H groups in total. The molecule has 0 bridgehead atoms. The highest BCUT2D eigenvalue weighted by atomic mass is 16.7. The lowest BCUT2D eigenvalue weighted by molar-refractivity contribution is -0.301. The molecular formula is C26H36O12. The van der Waals surface area contributed by atoms with Crippen molar-refractivity contribution in [2.24, 2.45) is 0 Å². The molecule has 12 nitrogen and oxygen atoms in total. The molecule has 1 saturated heterocycles. The zero-order valence-electron chi connectivity index (χ0n) is 21.2. The van der Waals surface area contributed by atoms with E-state index in [4.69, 9.17) is 23.7 Å². The van der Waals surface area contributed by atoms with Crippen LogP contribution in [0, 0.1) is 0 Å². The van der Waals surface area contributed by atoms with E-state index in [-0.39, 0.29) is 18.1 Å². The Morgan fingerprint density at radius 1 is 0.895 bits per heavy atom. The van der Waals surface area contributed by atoms with Crippen molar-refractivity contribution in [1.29, 1.82) is 0 Å². The Hall–Kier alpha value is -2.68. The lowest BCUT2D eigenvalue weighted by Crippen LogP contribution is -2.59. The molecule has 1 aliphatic rings. The topological polar surface area (TPSA) is 188 Å². The Balaban J connectivity index is 1.58. The Morgan fingerprint density at radius 3 is 2.29 bits per heavy atom. The Bertz CT molecular complexity index is 1020. The standard InChI is InChI=1S/C26H36O12/c1-34-18-11-15(6-7-16(18)29)22(30)20(12-27)37-17-8-5-14(10-19(17)35-2)4-3-9-36-26-25(33)24(32)23(31)21(13-28)38-26/h5-8,10-11,20-33H,3-4,9,12-13H2,1-2H3/t20-,21+,22-,23+,24-,25+,26+/m0/s1. The van der Waals surface area contributed by atoms with Crippen molar-refractivity contribution in [3.8, 4) is 23.0 Å². The van der Waals surface area contributed by atoms with Gasteiger partial charge >= 0.3 is 0 Å². The summed E-state index contributed by atoms with van der Waals surface area (Å²) in [5.41, 5.74) is 1.25. The number of phenols is 1. The van der Waals surface area contributed by atoms with Crippen molar-refractivity contribution in [2.45, 2.75) is 55.8 Å². The first kappa shape index (κ1) is 29.9. The normalized spacial score (nSPS) is 25.0. The molecule has 0 aromatic heterocycles. The van der Waals surface area contributed by atoms with Crippen molar-refractivity contribution < 1.29 is 59.4 Å². The third-order valence-corrected chi connectivity index (χ3v) is 6.32. The molecule has 0 amide bonds. The van der Waals surface area contributed by atoms with Gasteiger partial charge in [0.1, 0.15) is 30.5 Å². The van der Waals surface area contributed by atoms with E-state index in [1.54, 1.807) is 18.2 Å². The number of aliphatic hydroxyl groups is 6. The van der Waals surface area contributed by atoms with Crippen LogP contribution >= 0.6 is 0 Å². The number of methoxy groups -OCH3 is 2. The number of benzene rings is 2. The van der Waals surface area contributed by atoms with Crippen molar-refractivity contribution in [1.82, 2.24) is 0 Å². The van der Waals surface area contributed by atoms with Gasteiger partial charge in [-0.2, -0.15) is 0 Å². The van der Waals surface area contributed by atoms with Gasteiger partial charge in [0.25, 0.3) is 0 Å². The lowest BCUT2D eigenvalue weighted by atomic mass is 9.99. The molecule has 1 aliphatic heterocycles. The van der Waals surface area contributed by atoms with Gasteiger partial charge in [-0.3, -0.25) is 0 Å². The van der Waals surface area contributed by atoms with Gasteiger partial charge < -0.3 is 59.4 Å². The van der Waals surface area contributed by atoms with E-state index in [0.29, 0.717) is 29.9 Å². The smallest absolute Gasteiger partial charge is 0.186 e. The van der Waals surface area contributed by atoms with Gasteiger partial charge in [-0.1, -0.05) is 12.1 Å². The number of hydrogen-bond donors (Lipinski definition) is 7. The average Bonchev–Trinajstić information content (AvgIpc) is 2.94. The fourth-order valence-corrected chi connectivity index (χ4v) is 4.10. The Kier molecular flexibility index (Phi) is 10.9. The van der Waals surface area contributed by atoms with Crippen LogP contribution in [0.25, 0.3) is 0 Å². The van der Waals surface area contributed by atoms with Crippen LogP contribution in [0.5, 0.6) is 23.0 Å². The summed E-state index contributed by atoms with van der Waals surface area (Å²) in [6.45, 7) is -0.862. The highest BCUT2D eigenvalue weighted by Gasteiger charge is 2.43. The molecule has 1 heterocycles. The predicted molar refractivity (Wildman–Crippen MR) is 132 cm³/mol. The molecule has 0 spiro atoms. The van der Waals surface area contributed by atoms with Crippen molar-refractivity contribution in [2.75, 3.05) is 34.0 Å². The first-order chi connectivity index (χ1) is 18.2. The molecule has 0 unspecified atom stereocenters. The second kappa shape index (κ2) is 13.9. The Labute approximate surface area is 220 Å². The van der Waals surface area contributed by atoms with Gasteiger partial charge in [0, 0.05) is 0 Å². The largest absolute Gasteiger partial charge is 0.504 e. The molecule has 12 heteroatoms. The van der Waals surface area contributed by atoms with Crippen LogP contribution in [0.4, 0.5) is 0 Å². The summed E-state index contributed by atoms with van der Waals surface area (Å²) < 4.78 is 27.2. The zero-order chi connectivity index (χ0) is 27.8.